The van der Waals surface area contributed by atoms with E-state index in [0.717, 1.165) is 28.1 Å². The number of fused-ring (bicyclic) bond motifs is 1. The molecule has 0 aliphatic rings. The normalized spacial score (nSPS) is 11.7. The molecule has 5 nitrogen and oxygen atoms in total. The Morgan fingerprint density at radius 2 is 1.82 bits per heavy atom. The predicted octanol–water partition coefficient (Wildman–Crippen LogP) is 4.77. The monoisotopic (exact) mass is 386 g/mol. The average Bonchev–Trinajstić information content (AvgIpc) is 2.89. The molecule has 7 heteroatoms. The number of anilines is 2. The van der Waals surface area contributed by atoms with Crippen molar-refractivity contribution in [1.29, 1.82) is 0 Å². The summed E-state index contributed by atoms with van der Waals surface area (Å²) in [7, 11) is 0. The number of carbonyl (C=O) groups is 1. The van der Waals surface area contributed by atoms with Crippen LogP contribution in [0.3, 0.4) is 0 Å². The number of halogens is 2. The molecule has 0 saturated heterocycles. The van der Waals surface area contributed by atoms with Crippen LogP contribution in [0, 0.1) is 27.7 Å². The van der Waals surface area contributed by atoms with Crippen LogP contribution >= 0.6 is 0 Å². The van der Waals surface area contributed by atoms with Gasteiger partial charge in [0.2, 0.25) is 0 Å². The Morgan fingerprint density at radius 3 is 2.43 bits per heavy atom. The van der Waals surface area contributed by atoms with Crippen LogP contribution in [-0.4, -0.2) is 21.2 Å². The van der Waals surface area contributed by atoms with E-state index in [1.165, 1.54) is 0 Å². The van der Waals surface area contributed by atoms with Crippen molar-refractivity contribution in [3.8, 4) is 0 Å². The first-order valence-electron chi connectivity index (χ1n) is 9.05. The summed E-state index contributed by atoms with van der Waals surface area (Å²) in [5.74, 6) is -4.80. The molecule has 2 heterocycles. The van der Waals surface area contributed by atoms with Gasteiger partial charge in [0.05, 0.1) is 17.1 Å². The van der Waals surface area contributed by atoms with E-state index >= 15 is 0 Å². The fourth-order valence-corrected chi connectivity index (χ4v) is 3.12. The van der Waals surface area contributed by atoms with E-state index in [9.17, 15) is 13.6 Å². The van der Waals surface area contributed by atoms with Crippen LogP contribution in [0.5, 0.6) is 0 Å². The Balaban J connectivity index is 2.00. The van der Waals surface area contributed by atoms with Gasteiger partial charge in [0.15, 0.2) is 5.65 Å². The molecule has 1 aromatic carbocycles. The van der Waals surface area contributed by atoms with Crippen molar-refractivity contribution in [3.05, 3.63) is 58.5 Å². The van der Waals surface area contributed by atoms with E-state index in [4.69, 9.17) is 0 Å². The van der Waals surface area contributed by atoms with Crippen LogP contribution in [0.1, 0.15) is 35.0 Å². The minimum absolute atomic E-state index is 0.281. The number of rotatable bonds is 5. The van der Waals surface area contributed by atoms with E-state index in [-0.39, 0.29) is 5.69 Å². The summed E-state index contributed by atoms with van der Waals surface area (Å²) in [5.41, 5.74) is 6.82. The number of nitrogens with one attached hydrogen (secondary N) is 2. The van der Waals surface area contributed by atoms with Crippen LogP contribution in [0.2, 0.25) is 0 Å². The lowest BCUT2D eigenvalue weighted by Crippen LogP contribution is -2.31. The largest absolute Gasteiger partial charge is 0.378 e. The van der Waals surface area contributed by atoms with Crippen molar-refractivity contribution < 1.29 is 13.6 Å². The van der Waals surface area contributed by atoms with Gasteiger partial charge in [-0.15, -0.1) is 0 Å². The molecule has 3 rings (SSSR count). The summed E-state index contributed by atoms with van der Waals surface area (Å²) < 4.78 is 28.4. The van der Waals surface area contributed by atoms with Gasteiger partial charge < -0.3 is 15.0 Å². The number of benzene rings is 1. The second kappa shape index (κ2) is 7.22. The number of imidazole rings is 1. The summed E-state index contributed by atoms with van der Waals surface area (Å²) in [4.78, 5) is 16.3. The zero-order chi connectivity index (χ0) is 20.6. The van der Waals surface area contributed by atoms with Gasteiger partial charge in [-0.3, -0.25) is 4.79 Å². The minimum Gasteiger partial charge on any atom is -0.378 e. The number of alkyl halides is 2. The van der Waals surface area contributed by atoms with E-state index in [1.807, 2.05) is 45.9 Å². The number of hydrogen-bond acceptors (Lipinski definition) is 3. The summed E-state index contributed by atoms with van der Waals surface area (Å²) in [6.07, 6.45) is 1.61. The molecule has 0 spiro atoms. The summed E-state index contributed by atoms with van der Waals surface area (Å²) in [6.45, 7) is 9.00. The Morgan fingerprint density at radius 1 is 1.18 bits per heavy atom. The highest BCUT2D eigenvalue weighted by Crippen LogP contribution is 2.27. The zero-order valence-corrected chi connectivity index (χ0v) is 16.7. The molecule has 2 N–H and O–H groups in total. The quantitative estimate of drug-likeness (QED) is 0.664. The SMILES string of the molecule is Cc1cccc(C)c1CNc1cc(NC(=O)C(C)(F)F)cn2c(C)c(C)nc12. The highest BCUT2D eigenvalue weighted by molar-refractivity contribution is 5.96. The predicted molar refractivity (Wildman–Crippen MR) is 107 cm³/mol. The Hall–Kier alpha value is -2.96. The lowest BCUT2D eigenvalue weighted by molar-refractivity contribution is -0.137. The molecule has 1 amide bonds. The van der Waals surface area contributed by atoms with E-state index < -0.39 is 11.8 Å². The van der Waals surface area contributed by atoms with Gasteiger partial charge in [0, 0.05) is 25.4 Å². The summed E-state index contributed by atoms with van der Waals surface area (Å²) in [5, 5.41) is 5.65. The van der Waals surface area contributed by atoms with Crippen molar-refractivity contribution in [2.24, 2.45) is 0 Å². The molecule has 0 atom stereocenters. The van der Waals surface area contributed by atoms with Gasteiger partial charge in [-0.25, -0.2) is 4.98 Å². The zero-order valence-electron chi connectivity index (χ0n) is 16.7. The Kier molecular flexibility index (Phi) is 5.10. The van der Waals surface area contributed by atoms with E-state index in [1.54, 1.807) is 16.7 Å². The number of pyridine rings is 1. The van der Waals surface area contributed by atoms with Crippen molar-refractivity contribution >= 4 is 22.9 Å². The van der Waals surface area contributed by atoms with E-state index in [2.05, 4.69) is 15.6 Å². The topological polar surface area (TPSA) is 58.4 Å². The number of hydrogen-bond donors (Lipinski definition) is 2. The highest BCUT2D eigenvalue weighted by Gasteiger charge is 2.32. The number of carbonyl (C=O) groups excluding carboxylic acids is 1. The number of amides is 1. The third-order valence-electron chi connectivity index (χ3n) is 4.95. The van der Waals surface area contributed by atoms with Crippen molar-refractivity contribution in [3.63, 3.8) is 0 Å². The molecular weight excluding hydrogens is 362 g/mol. The van der Waals surface area contributed by atoms with Crippen LogP contribution in [0.4, 0.5) is 20.2 Å². The maximum Gasteiger partial charge on any atom is 0.322 e. The first-order chi connectivity index (χ1) is 13.1. The molecule has 3 aromatic rings. The number of nitrogens with zero attached hydrogens (tertiary/aromatic N) is 2. The molecule has 148 valence electrons. The first kappa shape index (κ1) is 19.8. The molecule has 0 saturated carbocycles. The van der Waals surface area contributed by atoms with Crippen LogP contribution in [-0.2, 0) is 11.3 Å². The lowest BCUT2D eigenvalue weighted by Gasteiger charge is -2.16. The summed E-state index contributed by atoms with van der Waals surface area (Å²) in [6, 6.07) is 7.74. The van der Waals surface area contributed by atoms with Crippen LogP contribution in [0.25, 0.3) is 5.65 Å². The maximum atomic E-state index is 13.3. The number of aromatic nitrogens is 2. The van der Waals surface area contributed by atoms with Crippen LogP contribution in [0.15, 0.2) is 30.5 Å². The molecule has 0 aliphatic heterocycles. The van der Waals surface area contributed by atoms with E-state index in [0.29, 0.717) is 24.8 Å². The minimum atomic E-state index is -3.46. The van der Waals surface area contributed by atoms with Gasteiger partial charge in [-0.05, 0) is 50.5 Å². The third kappa shape index (κ3) is 3.83. The second-order valence-corrected chi connectivity index (χ2v) is 7.19. The third-order valence-corrected chi connectivity index (χ3v) is 4.95. The molecule has 0 fully saturated rings. The maximum absolute atomic E-state index is 13.3. The van der Waals surface area contributed by atoms with Crippen molar-refractivity contribution in [2.75, 3.05) is 10.6 Å². The first-order valence-corrected chi connectivity index (χ1v) is 9.05. The summed E-state index contributed by atoms with van der Waals surface area (Å²) >= 11 is 0. The standard InChI is InChI=1S/C21H24F2N4O/c1-12-7-6-8-13(2)17(12)10-24-18-9-16(26-20(28)21(5,22)23)11-27-15(4)14(3)25-19(18)27/h6-9,11,24H,10H2,1-5H3,(H,26,28). The molecule has 0 bridgehead atoms. The molecule has 0 unspecified atom stereocenters. The van der Waals surface area contributed by atoms with Crippen LogP contribution < -0.4 is 10.6 Å². The van der Waals surface area contributed by atoms with Gasteiger partial charge in [0.25, 0.3) is 5.91 Å². The number of aryl methyl sites for hydroxylation is 4. The fourth-order valence-electron chi connectivity index (χ4n) is 3.12. The smallest absolute Gasteiger partial charge is 0.322 e. The van der Waals surface area contributed by atoms with Crippen molar-refractivity contribution in [1.82, 2.24) is 9.38 Å². The molecule has 0 aliphatic carbocycles. The average molecular weight is 386 g/mol. The second-order valence-electron chi connectivity index (χ2n) is 7.19. The molecular formula is C21H24F2N4O. The van der Waals surface area contributed by atoms with Gasteiger partial charge in [-0.1, -0.05) is 18.2 Å². The highest BCUT2D eigenvalue weighted by atomic mass is 19.3. The fraction of sp³-hybridized carbons (Fsp3) is 0.333. The van der Waals surface area contributed by atoms with Gasteiger partial charge in [0.1, 0.15) is 0 Å². The molecule has 0 radical (unpaired) electrons. The van der Waals surface area contributed by atoms with Crippen molar-refractivity contribution in [2.45, 2.75) is 47.1 Å². The lowest BCUT2D eigenvalue weighted by atomic mass is 10.0. The Labute approximate surface area is 162 Å². The Bertz CT molecular complexity index is 1030. The molecule has 2 aromatic heterocycles. The van der Waals surface area contributed by atoms with Gasteiger partial charge >= 0.3 is 5.92 Å². The van der Waals surface area contributed by atoms with Gasteiger partial charge in [-0.2, -0.15) is 8.78 Å². The molecule has 28 heavy (non-hydrogen) atoms.